The number of ketones is 1. The van der Waals surface area contributed by atoms with Gasteiger partial charge in [-0.25, -0.2) is 4.79 Å². The Balaban J connectivity index is 1.76. The van der Waals surface area contributed by atoms with Gasteiger partial charge in [0.15, 0.2) is 0 Å². The van der Waals surface area contributed by atoms with Crippen LogP contribution in [-0.4, -0.2) is 84.1 Å². The van der Waals surface area contributed by atoms with Gasteiger partial charge in [0, 0.05) is 37.4 Å². The predicted octanol–water partition coefficient (Wildman–Crippen LogP) is 3.86. The Morgan fingerprint density at radius 2 is 1.74 bits per heavy atom. The summed E-state index contributed by atoms with van der Waals surface area (Å²) in [6.07, 6.45) is 0.679. The monoisotopic (exact) mass is 537 g/mol. The number of hydrogen-bond acceptors (Lipinski definition) is 7. The maximum absolute atomic E-state index is 13.5. The van der Waals surface area contributed by atoms with Gasteiger partial charge in [-0.3, -0.25) is 14.5 Å². The van der Waals surface area contributed by atoms with Gasteiger partial charge in [-0.2, -0.15) is 0 Å². The number of aliphatic hydroxyl groups is 1. The van der Waals surface area contributed by atoms with Gasteiger partial charge in [0.25, 0.3) is 11.7 Å². The highest BCUT2D eigenvalue weighted by Crippen LogP contribution is 2.41. The van der Waals surface area contributed by atoms with Crippen molar-refractivity contribution < 1.29 is 29.0 Å². The molecule has 2 saturated heterocycles. The number of methoxy groups -OCH3 is 1. The topological polar surface area (TPSA) is 112 Å². The molecule has 9 heteroatoms. The Bertz CT molecular complexity index is 1280. The molecule has 2 fully saturated rings. The van der Waals surface area contributed by atoms with Gasteiger partial charge >= 0.3 is 5.97 Å². The van der Waals surface area contributed by atoms with E-state index in [1.54, 1.807) is 18.7 Å². The van der Waals surface area contributed by atoms with Gasteiger partial charge in [0.2, 0.25) is 0 Å². The van der Waals surface area contributed by atoms with Crippen LogP contribution in [0.1, 0.15) is 71.7 Å². The van der Waals surface area contributed by atoms with Crippen molar-refractivity contribution in [1.29, 1.82) is 0 Å². The third kappa shape index (κ3) is 5.65. The molecule has 0 radical (unpaired) electrons. The third-order valence-corrected chi connectivity index (χ3v) is 7.67. The second-order valence-corrected chi connectivity index (χ2v) is 11.3. The van der Waals surface area contributed by atoms with Crippen molar-refractivity contribution in [2.45, 2.75) is 52.5 Å². The van der Waals surface area contributed by atoms with Crippen LogP contribution in [0, 0.1) is 13.8 Å². The summed E-state index contributed by atoms with van der Waals surface area (Å²) in [5.74, 6) is -2.24. The number of aromatic amines is 1. The molecule has 2 aromatic rings. The quantitative estimate of drug-likeness (QED) is 0.239. The van der Waals surface area contributed by atoms with E-state index < -0.39 is 23.7 Å². The normalized spacial score (nSPS) is 20.1. The Hall–Kier alpha value is -3.43. The molecule has 39 heavy (non-hydrogen) atoms. The van der Waals surface area contributed by atoms with E-state index in [1.807, 2.05) is 24.3 Å². The summed E-state index contributed by atoms with van der Waals surface area (Å²) in [6, 6.07) is 7.11. The van der Waals surface area contributed by atoms with E-state index in [0.29, 0.717) is 43.0 Å². The number of benzene rings is 1. The van der Waals surface area contributed by atoms with E-state index in [9.17, 15) is 19.5 Å². The lowest BCUT2D eigenvalue weighted by Gasteiger charge is -2.29. The first kappa shape index (κ1) is 28.6. The van der Waals surface area contributed by atoms with Crippen molar-refractivity contribution in [2.24, 2.45) is 0 Å². The van der Waals surface area contributed by atoms with Crippen LogP contribution in [0.5, 0.6) is 0 Å². The number of aryl methyl sites for hydroxylation is 1. The van der Waals surface area contributed by atoms with E-state index in [4.69, 9.17) is 9.47 Å². The second kappa shape index (κ2) is 11.4. The lowest BCUT2D eigenvalue weighted by molar-refractivity contribution is -0.140. The molecule has 1 amide bonds. The maximum atomic E-state index is 13.5. The molecule has 1 aromatic heterocycles. The summed E-state index contributed by atoms with van der Waals surface area (Å²) >= 11 is 0. The molecule has 210 valence electrons. The summed E-state index contributed by atoms with van der Waals surface area (Å²) in [4.78, 5) is 46.0. The average Bonchev–Trinajstić information content (AvgIpc) is 3.35. The smallest absolute Gasteiger partial charge is 0.354 e. The molecule has 0 spiro atoms. The highest BCUT2D eigenvalue weighted by atomic mass is 16.5. The number of amides is 1. The van der Waals surface area contributed by atoms with Crippen LogP contribution in [-0.2, 0) is 24.5 Å². The summed E-state index contributed by atoms with van der Waals surface area (Å²) in [5.41, 5.74) is 3.31. The summed E-state index contributed by atoms with van der Waals surface area (Å²) < 4.78 is 10.3. The van der Waals surface area contributed by atoms with Crippen LogP contribution in [0.25, 0.3) is 5.76 Å². The number of rotatable bonds is 7. The minimum absolute atomic E-state index is 0.0245. The van der Waals surface area contributed by atoms with Gasteiger partial charge in [-0.05, 0) is 42.4 Å². The highest BCUT2D eigenvalue weighted by Gasteiger charge is 2.46. The van der Waals surface area contributed by atoms with Crippen LogP contribution < -0.4 is 0 Å². The van der Waals surface area contributed by atoms with Crippen molar-refractivity contribution in [1.82, 2.24) is 14.8 Å². The van der Waals surface area contributed by atoms with Gasteiger partial charge < -0.3 is 24.5 Å². The number of esters is 1. The number of ether oxygens (including phenoxy) is 2. The van der Waals surface area contributed by atoms with Crippen LogP contribution >= 0.6 is 0 Å². The highest BCUT2D eigenvalue weighted by molar-refractivity contribution is 6.46. The molecule has 1 atom stereocenters. The molecule has 9 nitrogen and oxygen atoms in total. The van der Waals surface area contributed by atoms with Gasteiger partial charge in [0.1, 0.15) is 11.5 Å². The number of Topliss-reactive ketones (excluding diaryl/α,β-unsaturated/α-hetero) is 1. The number of carbonyl (C=O) groups is 3. The van der Waals surface area contributed by atoms with Crippen molar-refractivity contribution >= 4 is 23.4 Å². The molecule has 1 aromatic carbocycles. The Morgan fingerprint density at radius 3 is 2.33 bits per heavy atom. The predicted molar refractivity (Wildman–Crippen MR) is 148 cm³/mol. The third-order valence-electron chi connectivity index (χ3n) is 7.67. The van der Waals surface area contributed by atoms with Crippen molar-refractivity contribution in [3.05, 3.63) is 63.5 Å². The number of carbonyl (C=O) groups excluding carboxylic acids is 3. The number of likely N-dealkylation sites (tertiary alicyclic amines) is 1. The van der Waals surface area contributed by atoms with E-state index in [0.717, 1.165) is 30.8 Å². The molecule has 3 heterocycles. The molecule has 2 aliphatic rings. The number of nitrogens with one attached hydrogen (secondary N) is 1. The fourth-order valence-electron chi connectivity index (χ4n) is 5.46. The fourth-order valence-corrected chi connectivity index (χ4v) is 5.46. The van der Waals surface area contributed by atoms with Gasteiger partial charge in [-0.1, -0.05) is 45.0 Å². The lowest BCUT2D eigenvalue weighted by Crippen LogP contribution is -2.39. The van der Waals surface area contributed by atoms with Crippen LogP contribution in [0.4, 0.5) is 0 Å². The molecule has 0 aliphatic carbocycles. The van der Waals surface area contributed by atoms with Crippen LogP contribution in [0.3, 0.4) is 0 Å². The molecule has 0 unspecified atom stereocenters. The minimum Gasteiger partial charge on any atom is -0.507 e. The van der Waals surface area contributed by atoms with Crippen LogP contribution in [0.15, 0.2) is 29.8 Å². The average molecular weight is 538 g/mol. The maximum Gasteiger partial charge on any atom is 0.354 e. The summed E-state index contributed by atoms with van der Waals surface area (Å²) in [5, 5.41) is 11.6. The Morgan fingerprint density at radius 1 is 1.10 bits per heavy atom. The second-order valence-electron chi connectivity index (χ2n) is 11.3. The molecular formula is C30H39N3O6. The number of morpholine rings is 1. The van der Waals surface area contributed by atoms with Gasteiger partial charge in [0.05, 0.1) is 31.9 Å². The lowest BCUT2D eigenvalue weighted by atomic mass is 9.85. The van der Waals surface area contributed by atoms with E-state index in [2.05, 4.69) is 30.7 Å². The first-order valence-corrected chi connectivity index (χ1v) is 13.4. The number of hydrogen-bond donors (Lipinski definition) is 2. The van der Waals surface area contributed by atoms with E-state index in [1.165, 1.54) is 7.11 Å². The zero-order valence-corrected chi connectivity index (χ0v) is 23.7. The van der Waals surface area contributed by atoms with Crippen LogP contribution in [0.2, 0.25) is 0 Å². The first-order chi connectivity index (χ1) is 18.5. The summed E-state index contributed by atoms with van der Waals surface area (Å²) in [6.45, 7) is 13.9. The number of aliphatic hydroxyl groups excluding tert-OH is 1. The largest absolute Gasteiger partial charge is 0.507 e. The zero-order chi connectivity index (χ0) is 28.5. The van der Waals surface area contributed by atoms with Crippen molar-refractivity contribution in [3.8, 4) is 0 Å². The molecule has 0 bridgehead atoms. The number of aromatic nitrogens is 1. The fraction of sp³-hybridized carbons (Fsp3) is 0.500. The number of nitrogens with zero attached hydrogens (tertiary/aromatic N) is 2. The molecule has 0 saturated carbocycles. The van der Waals surface area contributed by atoms with E-state index in [-0.39, 0.29) is 22.4 Å². The molecular weight excluding hydrogens is 498 g/mol. The van der Waals surface area contributed by atoms with Crippen molar-refractivity contribution in [3.63, 3.8) is 0 Å². The Kier molecular flexibility index (Phi) is 8.32. The number of H-pyrrole nitrogens is 1. The zero-order valence-electron chi connectivity index (χ0n) is 23.7. The Labute approximate surface area is 229 Å². The van der Waals surface area contributed by atoms with E-state index >= 15 is 0 Å². The van der Waals surface area contributed by atoms with Crippen molar-refractivity contribution in [2.75, 3.05) is 46.5 Å². The minimum atomic E-state index is -0.751. The van der Waals surface area contributed by atoms with Gasteiger partial charge in [-0.15, -0.1) is 0 Å². The molecule has 2 aliphatic heterocycles. The SMILES string of the molecule is COC(=O)c1[nH]c(C)c(/C(O)=C2\C(=O)C(=O)N(CCCN3CCOCC3)[C@@H]2c2ccc(C(C)(C)C)cc2)c1C. The first-order valence-electron chi connectivity index (χ1n) is 13.4. The molecule has 2 N–H and O–H groups in total. The molecule has 4 rings (SSSR count). The standard InChI is InChI=1S/C30H39N3O6/c1-18-22(19(2)31-24(18)29(37)38-6)26(34)23-25(20-8-10-21(11-9-20)30(3,4)5)33(28(36)27(23)35)13-7-12-32-14-16-39-17-15-32/h8-11,25,31,34H,7,12-17H2,1-6H3/b26-23+/t25-/m1/s1. The summed E-state index contributed by atoms with van der Waals surface area (Å²) in [7, 11) is 1.28.